The number of rotatable bonds is 4. The fourth-order valence-corrected chi connectivity index (χ4v) is 3.83. The summed E-state index contributed by atoms with van der Waals surface area (Å²) in [6.07, 6.45) is 0.904. The van der Waals surface area contributed by atoms with Gasteiger partial charge in [0, 0.05) is 17.2 Å². The van der Waals surface area contributed by atoms with Crippen LogP contribution in [0.5, 0.6) is 5.75 Å². The molecule has 0 radical (unpaired) electrons. The van der Waals surface area contributed by atoms with Gasteiger partial charge >= 0.3 is 0 Å². The van der Waals surface area contributed by atoms with Gasteiger partial charge in [0.05, 0.1) is 22.3 Å². The summed E-state index contributed by atoms with van der Waals surface area (Å²) in [5, 5.41) is 9.85. The van der Waals surface area contributed by atoms with Crippen molar-refractivity contribution in [3.8, 4) is 11.4 Å². The number of nitrogens with zero attached hydrogens (tertiary/aromatic N) is 2. The predicted octanol–water partition coefficient (Wildman–Crippen LogP) is 4.27. The highest BCUT2D eigenvalue weighted by Crippen LogP contribution is 2.27. The zero-order chi connectivity index (χ0) is 21.4. The van der Waals surface area contributed by atoms with E-state index in [-0.39, 0.29) is 27.7 Å². The fourth-order valence-electron chi connectivity index (χ4n) is 2.76. The van der Waals surface area contributed by atoms with Gasteiger partial charge in [-0.2, -0.15) is 0 Å². The van der Waals surface area contributed by atoms with Gasteiger partial charge in [-0.3, -0.25) is 14.2 Å². The number of hydrogen-bond acceptors (Lipinski definition) is 6. The molecule has 0 fully saturated rings. The van der Waals surface area contributed by atoms with Crippen LogP contribution in [0.2, 0.25) is 5.02 Å². The quantitative estimate of drug-likeness (QED) is 0.371. The smallest absolute Gasteiger partial charge is 0.266 e. The first-order valence-corrected chi connectivity index (χ1v) is 9.81. The van der Waals surface area contributed by atoms with Crippen molar-refractivity contribution in [2.24, 2.45) is 0 Å². The van der Waals surface area contributed by atoms with Crippen LogP contribution in [0.3, 0.4) is 0 Å². The van der Waals surface area contributed by atoms with Crippen LogP contribution >= 0.6 is 23.4 Å². The highest BCUT2D eigenvalue weighted by atomic mass is 35.5. The lowest BCUT2D eigenvalue weighted by atomic mass is 10.2. The summed E-state index contributed by atoms with van der Waals surface area (Å²) in [5.74, 6) is -2.00. The molecule has 0 aliphatic rings. The van der Waals surface area contributed by atoms with Crippen molar-refractivity contribution in [1.29, 1.82) is 0 Å². The van der Waals surface area contributed by atoms with Crippen molar-refractivity contribution >= 4 is 34.3 Å². The third-order valence-corrected chi connectivity index (χ3v) is 5.36. The molecule has 2 heterocycles. The zero-order valence-corrected chi connectivity index (χ0v) is 16.5. The molecule has 0 bridgehead atoms. The number of aromatic hydroxyl groups is 1. The van der Waals surface area contributed by atoms with Crippen LogP contribution in [0.25, 0.3) is 16.6 Å². The molecule has 0 aliphatic heterocycles. The van der Waals surface area contributed by atoms with E-state index in [0.717, 1.165) is 40.8 Å². The van der Waals surface area contributed by atoms with E-state index in [1.165, 1.54) is 6.07 Å². The summed E-state index contributed by atoms with van der Waals surface area (Å²) in [5.41, 5.74) is -1.08. The molecule has 2 aromatic heterocycles. The van der Waals surface area contributed by atoms with Gasteiger partial charge in [0.15, 0.2) is 10.9 Å². The molecule has 0 saturated carbocycles. The van der Waals surface area contributed by atoms with Crippen LogP contribution in [0.4, 0.5) is 8.78 Å². The topological polar surface area (TPSA) is 85.3 Å². The van der Waals surface area contributed by atoms with Gasteiger partial charge in [0.1, 0.15) is 23.7 Å². The van der Waals surface area contributed by atoms with E-state index in [1.807, 2.05) is 0 Å². The van der Waals surface area contributed by atoms with Crippen LogP contribution in [0.15, 0.2) is 67.9 Å². The number of hydrogen-bond donors (Lipinski definition) is 1. The van der Waals surface area contributed by atoms with Gasteiger partial charge in [-0.05, 0) is 30.3 Å². The second-order valence-corrected chi connectivity index (χ2v) is 7.56. The molecule has 0 spiro atoms. The molecule has 152 valence electrons. The second kappa shape index (κ2) is 7.92. The van der Waals surface area contributed by atoms with E-state index in [2.05, 4.69) is 4.98 Å². The molecule has 2 aromatic carbocycles. The molecule has 0 saturated heterocycles. The predicted molar refractivity (Wildman–Crippen MR) is 108 cm³/mol. The molecule has 30 heavy (non-hydrogen) atoms. The Morgan fingerprint density at radius 1 is 1.13 bits per heavy atom. The first-order valence-electron chi connectivity index (χ1n) is 8.45. The van der Waals surface area contributed by atoms with Gasteiger partial charge in [-0.25, -0.2) is 13.8 Å². The standard InChI is InChI=1S/C20H11ClF2N2O4S/c21-10-1-3-15-13(5-10)19(28)25(16-4-2-11(22)6-14(16)23)20(24-15)30-9-12-7-17(26)18(27)8-29-12/h1-8,27H,9H2. The maximum Gasteiger partial charge on any atom is 0.266 e. The summed E-state index contributed by atoms with van der Waals surface area (Å²) in [6.45, 7) is 0. The Labute approximate surface area is 176 Å². The van der Waals surface area contributed by atoms with Crippen LogP contribution < -0.4 is 11.0 Å². The molecular formula is C20H11ClF2N2O4S. The fraction of sp³-hybridized carbons (Fsp3) is 0.0500. The Bertz CT molecular complexity index is 1400. The maximum absolute atomic E-state index is 14.5. The van der Waals surface area contributed by atoms with Gasteiger partial charge in [0.2, 0.25) is 5.43 Å². The lowest BCUT2D eigenvalue weighted by molar-refractivity contribution is 0.419. The largest absolute Gasteiger partial charge is 0.502 e. The molecule has 4 aromatic rings. The molecule has 0 unspecified atom stereocenters. The number of fused-ring (bicyclic) bond motifs is 1. The molecular weight excluding hydrogens is 438 g/mol. The number of halogens is 3. The van der Waals surface area contributed by atoms with Crippen molar-refractivity contribution < 1.29 is 18.3 Å². The minimum Gasteiger partial charge on any atom is -0.502 e. The Hall–Kier alpha value is -3.17. The third kappa shape index (κ3) is 3.81. The molecule has 1 N–H and O–H groups in total. The average Bonchev–Trinajstić information content (AvgIpc) is 2.70. The van der Waals surface area contributed by atoms with E-state index in [4.69, 9.17) is 16.0 Å². The summed E-state index contributed by atoms with van der Waals surface area (Å²) < 4.78 is 34.0. The maximum atomic E-state index is 14.5. The molecule has 0 amide bonds. The number of benzene rings is 2. The van der Waals surface area contributed by atoms with Crippen molar-refractivity contribution in [3.05, 3.63) is 91.7 Å². The third-order valence-electron chi connectivity index (χ3n) is 4.16. The zero-order valence-electron chi connectivity index (χ0n) is 14.9. The summed E-state index contributed by atoms with van der Waals surface area (Å²) >= 11 is 6.98. The first-order chi connectivity index (χ1) is 14.3. The van der Waals surface area contributed by atoms with Crippen LogP contribution in [-0.4, -0.2) is 14.7 Å². The van der Waals surface area contributed by atoms with Crippen molar-refractivity contribution in [2.75, 3.05) is 0 Å². The van der Waals surface area contributed by atoms with E-state index in [9.17, 15) is 23.5 Å². The molecule has 0 atom stereocenters. The van der Waals surface area contributed by atoms with E-state index in [0.29, 0.717) is 16.6 Å². The normalized spacial score (nSPS) is 11.2. The average molecular weight is 449 g/mol. The van der Waals surface area contributed by atoms with Crippen molar-refractivity contribution in [1.82, 2.24) is 9.55 Å². The Kier molecular flexibility index (Phi) is 5.31. The molecule has 10 heteroatoms. The highest BCUT2D eigenvalue weighted by Gasteiger charge is 2.18. The molecule has 4 rings (SSSR count). The monoisotopic (exact) mass is 448 g/mol. The number of thioether (sulfide) groups is 1. The lowest BCUT2D eigenvalue weighted by Crippen LogP contribution is -2.23. The van der Waals surface area contributed by atoms with Gasteiger partial charge in [-0.15, -0.1) is 0 Å². The number of aromatic nitrogens is 2. The minimum atomic E-state index is -0.946. The van der Waals surface area contributed by atoms with Crippen molar-refractivity contribution in [3.63, 3.8) is 0 Å². The highest BCUT2D eigenvalue weighted by molar-refractivity contribution is 7.98. The first kappa shape index (κ1) is 20.1. The SMILES string of the molecule is O=c1cc(CSc2nc3ccc(Cl)cc3c(=O)n2-c2ccc(F)cc2F)occ1O. The Morgan fingerprint density at radius 3 is 2.67 bits per heavy atom. The molecule has 0 aliphatic carbocycles. The second-order valence-electron chi connectivity index (χ2n) is 6.18. The van der Waals surface area contributed by atoms with E-state index in [1.54, 1.807) is 12.1 Å². The van der Waals surface area contributed by atoms with Crippen LogP contribution in [0.1, 0.15) is 5.76 Å². The van der Waals surface area contributed by atoms with Crippen LogP contribution in [0, 0.1) is 11.6 Å². The summed E-state index contributed by atoms with van der Waals surface area (Å²) in [7, 11) is 0. The summed E-state index contributed by atoms with van der Waals surface area (Å²) in [4.78, 5) is 29.1. The van der Waals surface area contributed by atoms with Gasteiger partial charge in [0.25, 0.3) is 5.56 Å². The van der Waals surface area contributed by atoms with Crippen LogP contribution in [-0.2, 0) is 5.75 Å². The van der Waals surface area contributed by atoms with Gasteiger partial charge in [-0.1, -0.05) is 23.4 Å². The minimum absolute atomic E-state index is 0.0594. The lowest BCUT2D eigenvalue weighted by Gasteiger charge is -2.14. The van der Waals surface area contributed by atoms with E-state index < -0.39 is 28.4 Å². The molecule has 6 nitrogen and oxygen atoms in total. The summed E-state index contributed by atoms with van der Waals surface area (Å²) in [6, 6.07) is 8.45. The van der Waals surface area contributed by atoms with Crippen molar-refractivity contribution in [2.45, 2.75) is 10.9 Å². The van der Waals surface area contributed by atoms with E-state index >= 15 is 0 Å². The Balaban J connectivity index is 1.88. The Morgan fingerprint density at radius 2 is 1.93 bits per heavy atom. The van der Waals surface area contributed by atoms with Gasteiger partial charge < -0.3 is 9.52 Å².